The molecular weight excluding hydrogens is 230 g/mol. The van der Waals surface area contributed by atoms with Gasteiger partial charge in [-0.25, -0.2) is 0 Å². The standard InChI is InChI=1S/C18H27N/c1-3-10-19-18(17-11-13(17)2)16-9-5-8-15(12-16)14-6-4-7-14/h5,8-9,12-14,17-19H,3-4,6-7,10-11H2,1-2H3. The lowest BCUT2D eigenvalue weighted by Crippen LogP contribution is -2.24. The summed E-state index contributed by atoms with van der Waals surface area (Å²) >= 11 is 0. The topological polar surface area (TPSA) is 12.0 Å². The summed E-state index contributed by atoms with van der Waals surface area (Å²) in [6.07, 6.45) is 6.84. The monoisotopic (exact) mass is 257 g/mol. The molecule has 0 aromatic heterocycles. The largest absolute Gasteiger partial charge is 0.310 e. The Bertz CT molecular complexity index is 421. The van der Waals surface area contributed by atoms with E-state index in [1.165, 1.54) is 37.7 Å². The van der Waals surface area contributed by atoms with Gasteiger partial charge in [-0.2, -0.15) is 0 Å². The van der Waals surface area contributed by atoms with E-state index in [2.05, 4.69) is 43.4 Å². The highest BCUT2D eigenvalue weighted by molar-refractivity contribution is 5.31. The van der Waals surface area contributed by atoms with Gasteiger partial charge < -0.3 is 5.32 Å². The lowest BCUT2D eigenvalue weighted by atomic mass is 9.79. The van der Waals surface area contributed by atoms with Crippen LogP contribution in [0.4, 0.5) is 0 Å². The number of hydrogen-bond donors (Lipinski definition) is 1. The van der Waals surface area contributed by atoms with Gasteiger partial charge in [0.25, 0.3) is 0 Å². The van der Waals surface area contributed by atoms with Crippen LogP contribution in [0.2, 0.25) is 0 Å². The van der Waals surface area contributed by atoms with Gasteiger partial charge in [0.05, 0.1) is 0 Å². The van der Waals surface area contributed by atoms with Crippen LogP contribution in [0.5, 0.6) is 0 Å². The first-order valence-electron chi connectivity index (χ1n) is 8.13. The van der Waals surface area contributed by atoms with E-state index in [-0.39, 0.29) is 0 Å². The van der Waals surface area contributed by atoms with Gasteiger partial charge in [-0.15, -0.1) is 0 Å². The number of benzene rings is 1. The van der Waals surface area contributed by atoms with E-state index in [4.69, 9.17) is 0 Å². The van der Waals surface area contributed by atoms with E-state index in [0.29, 0.717) is 6.04 Å². The SMILES string of the molecule is CCCNC(c1cccc(C2CCC2)c1)C1CC1C. The number of rotatable bonds is 6. The molecule has 2 aliphatic rings. The van der Waals surface area contributed by atoms with Gasteiger partial charge in [0.1, 0.15) is 0 Å². The zero-order chi connectivity index (χ0) is 13.2. The summed E-state index contributed by atoms with van der Waals surface area (Å²) in [7, 11) is 0. The number of nitrogens with one attached hydrogen (secondary N) is 1. The minimum atomic E-state index is 0.593. The molecule has 0 radical (unpaired) electrons. The molecule has 0 heterocycles. The highest BCUT2D eigenvalue weighted by Crippen LogP contribution is 2.47. The van der Waals surface area contributed by atoms with Gasteiger partial charge in [0, 0.05) is 6.04 Å². The van der Waals surface area contributed by atoms with Crippen molar-refractivity contribution in [3.63, 3.8) is 0 Å². The van der Waals surface area contributed by atoms with Crippen LogP contribution < -0.4 is 5.32 Å². The molecule has 1 heteroatoms. The second-order valence-corrected chi connectivity index (χ2v) is 6.61. The van der Waals surface area contributed by atoms with Crippen molar-refractivity contribution < 1.29 is 0 Å². The Labute approximate surface area is 117 Å². The van der Waals surface area contributed by atoms with Gasteiger partial charge in [-0.3, -0.25) is 0 Å². The molecule has 2 saturated carbocycles. The van der Waals surface area contributed by atoms with Crippen LogP contribution in [0.1, 0.15) is 69.0 Å². The normalized spacial score (nSPS) is 27.9. The van der Waals surface area contributed by atoms with Gasteiger partial charge in [0.15, 0.2) is 0 Å². The van der Waals surface area contributed by atoms with Gasteiger partial charge in [-0.1, -0.05) is 44.5 Å². The zero-order valence-corrected chi connectivity index (χ0v) is 12.4. The Hall–Kier alpha value is -0.820. The number of hydrogen-bond acceptors (Lipinski definition) is 1. The molecule has 2 aliphatic carbocycles. The molecule has 104 valence electrons. The van der Waals surface area contributed by atoms with E-state index >= 15 is 0 Å². The highest BCUT2D eigenvalue weighted by Gasteiger charge is 2.39. The van der Waals surface area contributed by atoms with Gasteiger partial charge >= 0.3 is 0 Å². The summed E-state index contributed by atoms with van der Waals surface area (Å²) in [4.78, 5) is 0. The maximum Gasteiger partial charge on any atom is 0.0351 e. The van der Waals surface area contributed by atoms with Crippen molar-refractivity contribution in [2.75, 3.05) is 6.54 Å². The molecular formula is C18H27N. The van der Waals surface area contributed by atoms with Crippen molar-refractivity contribution in [2.24, 2.45) is 11.8 Å². The molecule has 2 fully saturated rings. The van der Waals surface area contributed by atoms with Crippen molar-refractivity contribution in [2.45, 2.75) is 57.9 Å². The zero-order valence-electron chi connectivity index (χ0n) is 12.4. The molecule has 0 bridgehead atoms. The average molecular weight is 257 g/mol. The van der Waals surface area contributed by atoms with Crippen LogP contribution in [-0.2, 0) is 0 Å². The minimum Gasteiger partial charge on any atom is -0.310 e. The van der Waals surface area contributed by atoms with E-state index in [9.17, 15) is 0 Å². The maximum absolute atomic E-state index is 3.78. The highest BCUT2D eigenvalue weighted by atomic mass is 14.9. The van der Waals surface area contributed by atoms with Crippen molar-refractivity contribution in [1.29, 1.82) is 0 Å². The molecule has 3 atom stereocenters. The fourth-order valence-corrected chi connectivity index (χ4v) is 3.38. The third kappa shape index (κ3) is 2.86. The molecule has 1 N–H and O–H groups in total. The third-order valence-corrected chi connectivity index (χ3v) is 5.06. The lowest BCUT2D eigenvalue weighted by molar-refractivity contribution is 0.417. The quantitative estimate of drug-likeness (QED) is 0.782. The van der Waals surface area contributed by atoms with Crippen LogP contribution in [0, 0.1) is 11.8 Å². The smallest absolute Gasteiger partial charge is 0.0351 e. The summed E-state index contributed by atoms with van der Waals surface area (Å²) in [6.45, 7) is 5.79. The molecule has 1 aromatic carbocycles. The van der Waals surface area contributed by atoms with Crippen LogP contribution in [0.3, 0.4) is 0 Å². The van der Waals surface area contributed by atoms with E-state index < -0.39 is 0 Å². The van der Waals surface area contributed by atoms with Crippen LogP contribution in [0.15, 0.2) is 24.3 Å². The minimum absolute atomic E-state index is 0.593. The lowest BCUT2D eigenvalue weighted by Gasteiger charge is -2.27. The Morgan fingerprint density at radius 1 is 1.32 bits per heavy atom. The Morgan fingerprint density at radius 3 is 2.68 bits per heavy atom. The third-order valence-electron chi connectivity index (χ3n) is 5.06. The summed E-state index contributed by atoms with van der Waals surface area (Å²) in [5.74, 6) is 2.62. The molecule has 0 saturated heterocycles. The predicted octanol–water partition coefficient (Wildman–Crippen LogP) is 4.65. The molecule has 19 heavy (non-hydrogen) atoms. The van der Waals surface area contributed by atoms with Crippen molar-refractivity contribution in [1.82, 2.24) is 5.32 Å². The second-order valence-electron chi connectivity index (χ2n) is 6.61. The molecule has 1 nitrogen and oxygen atoms in total. The van der Waals surface area contributed by atoms with E-state index in [1.54, 1.807) is 5.56 Å². The first-order chi connectivity index (χ1) is 9.29. The Morgan fingerprint density at radius 2 is 2.11 bits per heavy atom. The fraction of sp³-hybridized carbons (Fsp3) is 0.667. The van der Waals surface area contributed by atoms with Crippen LogP contribution >= 0.6 is 0 Å². The van der Waals surface area contributed by atoms with Crippen molar-refractivity contribution in [3.05, 3.63) is 35.4 Å². The van der Waals surface area contributed by atoms with Gasteiger partial charge in [0.2, 0.25) is 0 Å². The molecule has 0 spiro atoms. The molecule has 1 aromatic rings. The van der Waals surface area contributed by atoms with E-state index in [0.717, 1.165) is 24.3 Å². The first-order valence-corrected chi connectivity index (χ1v) is 8.13. The second kappa shape index (κ2) is 5.66. The fourth-order valence-electron chi connectivity index (χ4n) is 3.38. The van der Waals surface area contributed by atoms with Crippen LogP contribution in [0.25, 0.3) is 0 Å². The summed E-state index contributed by atoms with van der Waals surface area (Å²) in [5.41, 5.74) is 3.12. The summed E-state index contributed by atoms with van der Waals surface area (Å²) in [6, 6.07) is 10.0. The molecule has 3 unspecified atom stereocenters. The van der Waals surface area contributed by atoms with Crippen molar-refractivity contribution in [3.8, 4) is 0 Å². The maximum atomic E-state index is 3.78. The van der Waals surface area contributed by atoms with Gasteiger partial charge in [-0.05, 0) is 61.1 Å². The van der Waals surface area contributed by atoms with Crippen LogP contribution in [-0.4, -0.2) is 6.54 Å². The summed E-state index contributed by atoms with van der Waals surface area (Å²) in [5, 5.41) is 3.78. The molecule has 0 amide bonds. The first kappa shape index (κ1) is 13.2. The Balaban J connectivity index is 1.76. The van der Waals surface area contributed by atoms with E-state index in [1.807, 2.05) is 0 Å². The molecule has 3 rings (SSSR count). The average Bonchev–Trinajstić information content (AvgIpc) is 3.05. The predicted molar refractivity (Wildman–Crippen MR) is 81.3 cm³/mol. The van der Waals surface area contributed by atoms with Crippen molar-refractivity contribution >= 4 is 0 Å². The Kier molecular flexibility index (Phi) is 3.93. The summed E-state index contributed by atoms with van der Waals surface area (Å²) < 4.78 is 0. The molecule has 0 aliphatic heterocycles.